The average Bonchev–Trinajstić information content (AvgIpc) is 2.19. The second kappa shape index (κ2) is 7.43. The summed E-state index contributed by atoms with van der Waals surface area (Å²) in [5, 5.41) is 0. The van der Waals surface area contributed by atoms with Gasteiger partial charge in [-0.15, -0.1) is 13.2 Å². The second-order valence-electron chi connectivity index (χ2n) is 5.61. The number of carbonyl (C=O) groups excluding carboxylic acids is 1. The molecule has 0 radical (unpaired) electrons. The molecule has 1 atom stereocenters. The van der Waals surface area contributed by atoms with Crippen molar-refractivity contribution in [2.75, 3.05) is 0 Å². The number of allylic oxidation sites excluding steroid dienone is 2. The molecular formula is C15H26O. The first-order chi connectivity index (χ1) is 7.40. The molecular weight excluding hydrogens is 196 g/mol. The molecule has 1 unspecified atom stereocenters. The molecule has 0 aliphatic rings. The van der Waals surface area contributed by atoms with Crippen LogP contribution >= 0.6 is 0 Å². The molecule has 0 saturated heterocycles. The fraction of sp³-hybridized carbons (Fsp3) is 0.667. The molecule has 0 aliphatic heterocycles. The van der Waals surface area contributed by atoms with E-state index in [-0.39, 0.29) is 5.92 Å². The van der Waals surface area contributed by atoms with Crippen LogP contribution in [0.5, 0.6) is 0 Å². The van der Waals surface area contributed by atoms with E-state index in [9.17, 15) is 4.79 Å². The van der Waals surface area contributed by atoms with E-state index in [0.717, 1.165) is 25.7 Å². The number of rotatable bonds is 8. The van der Waals surface area contributed by atoms with Crippen molar-refractivity contribution in [2.24, 2.45) is 11.3 Å². The van der Waals surface area contributed by atoms with Crippen LogP contribution in [0.4, 0.5) is 0 Å². The Labute approximate surface area is 101 Å². The molecule has 0 N–H and O–H groups in total. The standard InChI is InChI=1S/C15H26O/c1-6-8-10-14(16)13(9-7-2)11-12-15(3,4)5/h6-7,13H,1-2,8-12H2,3-5H3. The van der Waals surface area contributed by atoms with E-state index in [0.29, 0.717) is 17.6 Å². The zero-order chi connectivity index (χ0) is 12.6. The number of Topliss-reactive ketones (excluding diaryl/α,β-unsaturated/α-hetero) is 1. The molecule has 0 bridgehead atoms. The van der Waals surface area contributed by atoms with Crippen molar-refractivity contribution >= 4 is 5.78 Å². The predicted octanol–water partition coefficient (Wildman–Crippen LogP) is 4.54. The van der Waals surface area contributed by atoms with Crippen LogP contribution in [0, 0.1) is 11.3 Å². The molecule has 0 saturated carbocycles. The molecule has 0 aromatic carbocycles. The Morgan fingerprint density at radius 1 is 1.25 bits per heavy atom. The lowest BCUT2D eigenvalue weighted by atomic mass is 9.83. The molecule has 0 amide bonds. The summed E-state index contributed by atoms with van der Waals surface area (Å²) in [6, 6.07) is 0. The molecule has 16 heavy (non-hydrogen) atoms. The van der Waals surface area contributed by atoms with Crippen LogP contribution < -0.4 is 0 Å². The average molecular weight is 222 g/mol. The summed E-state index contributed by atoms with van der Waals surface area (Å²) in [4.78, 5) is 11.9. The molecule has 1 heteroatoms. The zero-order valence-corrected chi connectivity index (χ0v) is 11.1. The predicted molar refractivity (Wildman–Crippen MR) is 71.4 cm³/mol. The third-order valence-corrected chi connectivity index (χ3v) is 2.74. The van der Waals surface area contributed by atoms with Crippen molar-refractivity contribution in [3.8, 4) is 0 Å². The minimum atomic E-state index is 0.164. The maximum atomic E-state index is 11.9. The SMILES string of the molecule is C=CCCC(=O)C(CC=C)CCC(C)(C)C. The minimum Gasteiger partial charge on any atom is -0.299 e. The number of ketones is 1. The van der Waals surface area contributed by atoms with Crippen LogP contribution in [0.2, 0.25) is 0 Å². The van der Waals surface area contributed by atoms with Gasteiger partial charge in [0.05, 0.1) is 0 Å². The van der Waals surface area contributed by atoms with Crippen LogP contribution in [0.15, 0.2) is 25.3 Å². The summed E-state index contributed by atoms with van der Waals surface area (Å²) in [5.41, 5.74) is 0.304. The highest BCUT2D eigenvalue weighted by Gasteiger charge is 2.19. The van der Waals surface area contributed by atoms with Crippen molar-refractivity contribution in [1.29, 1.82) is 0 Å². The molecule has 92 valence electrons. The van der Waals surface area contributed by atoms with Gasteiger partial charge in [0, 0.05) is 12.3 Å². The van der Waals surface area contributed by atoms with E-state index in [1.165, 1.54) is 0 Å². The summed E-state index contributed by atoms with van der Waals surface area (Å²) in [5.74, 6) is 0.528. The molecule has 0 fully saturated rings. The number of hydrogen-bond donors (Lipinski definition) is 0. The van der Waals surface area contributed by atoms with Gasteiger partial charge in [-0.3, -0.25) is 4.79 Å². The Morgan fingerprint density at radius 3 is 2.31 bits per heavy atom. The van der Waals surface area contributed by atoms with Gasteiger partial charge in [0.2, 0.25) is 0 Å². The third-order valence-electron chi connectivity index (χ3n) is 2.74. The summed E-state index contributed by atoms with van der Waals surface area (Å²) >= 11 is 0. The van der Waals surface area contributed by atoms with E-state index in [4.69, 9.17) is 0 Å². The first-order valence-electron chi connectivity index (χ1n) is 6.15. The van der Waals surface area contributed by atoms with Gasteiger partial charge in [0.1, 0.15) is 5.78 Å². The van der Waals surface area contributed by atoms with Gasteiger partial charge in [0.25, 0.3) is 0 Å². The van der Waals surface area contributed by atoms with Crippen LogP contribution in [0.1, 0.15) is 52.9 Å². The second-order valence-corrected chi connectivity index (χ2v) is 5.61. The first-order valence-corrected chi connectivity index (χ1v) is 6.15. The Kier molecular flexibility index (Phi) is 7.03. The molecule has 0 rings (SSSR count). The maximum Gasteiger partial charge on any atom is 0.136 e. The normalized spacial score (nSPS) is 13.2. The van der Waals surface area contributed by atoms with Crippen LogP contribution in [0.3, 0.4) is 0 Å². The minimum absolute atomic E-state index is 0.164. The molecule has 1 nitrogen and oxygen atoms in total. The smallest absolute Gasteiger partial charge is 0.136 e. The van der Waals surface area contributed by atoms with Crippen molar-refractivity contribution in [3.05, 3.63) is 25.3 Å². The van der Waals surface area contributed by atoms with Crippen LogP contribution in [-0.4, -0.2) is 5.78 Å². The van der Waals surface area contributed by atoms with Crippen LogP contribution in [-0.2, 0) is 4.79 Å². The lowest BCUT2D eigenvalue weighted by molar-refractivity contribution is -0.123. The summed E-state index contributed by atoms with van der Waals surface area (Å²) in [6.45, 7) is 14.0. The monoisotopic (exact) mass is 222 g/mol. The van der Waals surface area contributed by atoms with Gasteiger partial charge >= 0.3 is 0 Å². The molecule has 0 aromatic heterocycles. The Balaban J connectivity index is 4.19. The van der Waals surface area contributed by atoms with Crippen LogP contribution in [0.25, 0.3) is 0 Å². The van der Waals surface area contributed by atoms with E-state index >= 15 is 0 Å². The fourth-order valence-corrected chi connectivity index (χ4v) is 1.67. The van der Waals surface area contributed by atoms with Crippen molar-refractivity contribution in [2.45, 2.75) is 52.9 Å². The highest BCUT2D eigenvalue weighted by Crippen LogP contribution is 2.26. The highest BCUT2D eigenvalue weighted by molar-refractivity contribution is 5.81. The third kappa shape index (κ3) is 7.44. The van der Waals surface area contributed by atoms with Crippen molar-refractivity contribution in [3.63, 3.8) is 0 Å². The molecule has 0 spiro atoms. The highest BCUT2D eigenvalue weighted by atomic mass is 16.1. The molecule has 0 aliphatic carbocycles. The van der Waals surface area contributed by atoms with E-state index in [2.05, 4.69) is 33.9 Å². The van der Waals surface area contributed by atoms with Gasteiger partial charge in [0.15, 0.2) is 0 Å². The van der Waals surface area contributed by atoms with E-state index in [1.54, 1.807) is 0 Å². The molecule has 0 aromatic rings. The number of carbonyl (C=O) groups is 1. The summed E-state index contributed by atoms with van der Waals surface area (Å²) < 4.78 is 0. The topological polar surface area (TPSA) is 17.1 Å². The van der Waals surface area contributed by atoms with Gasteiger partial charge in [-0.25, -0.2) is 0 Å². The molecule has 0 heterocycles. The maximum absolute atomic E-state index is 11.9. The van der Waals surface area contributed by atoms with Gasteiger partial charge in [-0.05, 0) is 31.1 Å². The Bertz CT molecular complexity index is 232. The van der Waals surface area contributed by atoms with Gasteiger partial charge in [-0.1, -0.05) is 32.9 Å². The summed E-state index contributed by atoms with van der Waals surface area (Å²) in [7, 11) is 0. The first kappa shape index (κ1) is 15.2. The van der Waals surface area contributed by atoms with E-state index < -0.39 is 0 Å². The van der Waals surface area contributed by atoms with Crippen molar-refractivity contribution < 1.29 is 4.79 Å². The van der Waals surface area contributed by atoms with Gasteiger partial charge < -0.3 is 0 Å². The van der Waals surface area contributed by atoms with Crippen molar-refractivity contribution in [1.82, 2.24) is 0 Å². The largest absolute Gasteiger partial charge is 0.299 e. The lowest BCUT2D eigenvalue weighted by Crippen LogP contribution is -2.17. The zero-order valence-electron chi connectivity index (χ0n) is 11.1. The Hall–Kier alpha value is -0.850. The lowest BCUT2D eigenvalue weighted by Gasteiger charge is -2.21. The quantitative estimate of drug-likeness (QED) is 0.551. The Morgan fingerprint density at radius 2 is 1.88 bits per heavy atom. The fourth-order valence-electron chi connectivity index (χ4n) is 1.67. The summed E-state index contributed by atoms with van der Waals surface area (Å²) in [6.07, 6.45) is 7.97. The van der Waals surface area contributed by atoms with Gasteiger partial charge in [-0.2, -0.15) is 0 Å². The van der Waals surface area contributed by atoms with E-state index in [1.807, 2.05) is 12.2 Å². The number of hydrogen-bond acceptors (Lipinski definition) is 1.